The molecule has 0 spiro atoms. The zero-order valence-electron chi connectivity index (χ0n) is 33.0. The molecular formula is C56H46N2. The van der Waals surface area contributed by atoms with Crippen molar-refractivity contribution < 1.29 is 0 Å². The van der Waals surface area contributed by atoms with Crippen LogP contribution in [-0.2, 0) is 19.4 Å². The lowest BCUT2D eigenvalue weighted by Crippen LogP contribution is -2.26. The minimum Gasteiger partial charge on any atom is -0.309 e. The fourth-order valence-electron chi connectivity index (χ4n) is 10.5. The summed E-state index contributed by atoms with van der Waals surface area (Å²) in [6, 6.07) is 55.9. The maximum absolute atomic E-state index is 5.17. The van der Waals surface area contributed by atoms with Crippen LogP contribution in [0.1, 0.15) is 76.1 Å². The molecule has 58 heavy (non-hydrogen) atoms. The van der Waals surface area contributed by atoms with E-state index in [1.54, 1.807) is 11.1 Å². The van der Waals surface area contributed by atoms with Crippen LogP contribution in [0, 0.1) is 5.92 Å². The number of rotatable bonds is 7. The highest BCUT2D eigenvalue weighted by Crippen LogP contribution is 2.52. The second-order valence-electron chi connectivity index (χ2n) is 16.5. The lowest BCUT2D eigenvalue weighted by molar-refractivity contribution is 0.380. The summed E-state index contributed by atoms with van der Waals surface area (Å²) in [6.07, 6.45) is 16.5. The smallest absolute Gasteiger partial charge is 0.0653 e. The van der Waals surface area contributed by atoms with E-state index in [0.29, 0.717) is 24.3 Å². The molecule has 1 heterocycles. The van der Waals surface area contributed by atoms with Gasteiger partial charge < -0.3 is 4.57 Å². The van der Waals surface area contributed by atoms with Gasteiger partial charge in [-0.05, 0) is 136 Å². The van der Waals surface area contributed by atoms with Crippen molar-refractivity contribution >= 4 is 49.9 Å². The lowest BCUT2D eigenvalue weighted by atomic mass is 9.66. The molecule has 0 aliphatic heterocycles. The van der Waals surface area contributed by atoms with Gasteiger partial charge in [-0.25, -0.2) is 0 Å². The standard InChI is InChI=1S/C56H46N2/c1-37(31-54(39-17-6-3-7-18-39)57-36-38-15-4-2-5-16-38)44-29-30-49(46-20-9-8-19-45(44)46)53-35-42-32-40-27-28-43(33-41(40)34-52(42)47-23-14-24-48(47)53)58-55-25-12-10-21-50(55)51-22-11-13-26-56(51)58/h2-8,10-19,21-23,25-34,47-48,53H,9,20,24,35-36H2,1H3/b37-31+,57-54?. The number of aliphatic imine (C=N–C) groups is 1. The summed E-state index contributed by atoms with van der Waals surface area (Å²) in [5.41, 5.74) is 17.2. The fourth-order valence-corrected chi connectivity index (χ4v) is 10.5. The second kappa shape index (κ2) is 14.5. The maximum atomic E-state index is 5.17. The van der Waals surface area contributed by atoms with Gasteiger partial charge in [0.25, 0.3) is 0 Å². The molecular weight excluding hydrogens is 701 g/mol. The Kier molecular flexibility index (Phi) is 8.65. The molecule has 3 aliphatic carbocycles. The molecule has 3 unspecified atom stereocenters. The number of para-hydroxylation sites is 2. The topological polar surface area (TPSA) is 17.3 Å². The van der Waals surface area contributed by atoms with Crippen LogP contribution in [0.5, 0.6) is 0 Å². The van der Waals surface area contributed by atoms with E-state index in [9.17, 15) is 0 Å². The SMILES string of the molecule is C/C(=C\C(=NCc1ccccc1)c1ccccc1)c1ccc(C2Cc3cc4ccc(-n5c6ccccc6c6ccccc65)cc4cc3C3C=CCC32)c2c1C=CCC2. The third kappa shape index (κ3) is 5.98. The molecule has 3 atom stereocenters. The van der Waals surface area contributed by atoms with Gasteiger partial charge >= 0.3 is 0 Å². The number of benzene rings is 7. The highest BCUT2D eigenvalue weighted by atomic mass is 15.0. The van der Waals surface area contributed by atoms with Crippen molar-refractivity contribution in [2.24, 2.45) is 10.9 Å². The molecule has 280 valence electrons. The van der Waals surface area contributed by atoms with Crippen LogP contribution in [0.2, 0.25) is 0 Å². The Hall–Kier alpha value is -6.51. The summed E-state index contributed by atoms with van der Waals surface area (Å²) in [5, 5.41) is 5.25. The monoisotopic (exact) mass is 746 g/mol. The molecule has 0 N–H and O–H groups in total. The second-order valence-corrected chi connectivity index (χ2v) is 16.5. The Morgan fingerprint density at radius 2 is 1.45 bits per heavy atom. The van der Waals surface area contributed by atoms with E-state index in [2.05, 4.69) is 194 Å². The van der Waals surface area contributed by atoms with Crippen molar-refractivity contribution in [1.29, 1.82) is 0 Å². The highest BCUT2D eigenvalue weighted by molar-refractivity contribution is 6.12. The van der Waals surface area contributed by atoms with Gasteiger partial charge in [0.2, 0.25) is 0 Å². The number of hydrogen-bond donors (Lipinski definition) is 0. The normalized spacial score (nSPS) is 18.8. The van der Waals surface area contributed by atoms with Gasteiger partial charge in [0.15, 0.2) is 0 Å². The predicted octanol–water partition coefficient (Wildman–Crippen LogP) is 14.0. The van der Waals surface area contributed by atoms with Crippen molar-refractivity contribution in [1.82, 2.24) is 4.57 Å². The van der Waals surface area contributed by atoms with Gasteiger partial charge in [0.05, 0.1) is 23.3 Å². The van der Waals surface area contributed by atoms with Crippen molar-refractivity contribution in [3.05, 3.63) is 220 Å². The molecule has 0 saturated heterocycles. The average molecular weight is 747 g/mol. The quantitative estimate of drug-likeness (QED) is 0.114. The molecule has 7 aromatic carbocycles. The molecule has 1 aromatic heterocycles. The lowest BCUT2D eigenvalue weighted by Gasteiger charge is -2.38. The number of hydrogen-bond acceptors (Lipinski definition) is 1. The van der Waals surface area contributed by atoms with Gasteiger partial charge in [0, 0.05) is 22.4 Å². The first kappa shape index (κ1) is 34.7. The highest BCUT2D eigenvalue weighted by Gasteiger charge is 2.39. The van der Waals surface area contributed by atoms with E-state index in [4.69, 9.17) is 4.99 Å². The first-order valence-electron chi connectivity index (χ1n) is 21.0. The molecule has 2 heteroatoms. The minimum atomic E-state index is 0.431. The van der Waals surface area contributed by atoms with Crippen molar-refractivity contribution in [3.63, 3.8) is 0 Å². The number of fused-ring (bicyclic) bond motifs is 8. The predicted molar refractivity (Wildman–Crippen MR) is 245 cm³/mol. The molecule has 0 saturated carbocycles. The first-order chi connectivity index (χ1) is 28.7. The fraction of sp³-hybridized carbons (Fsp3) is 0.161. The van der Waals surface area contributed by atoms with Crippen LogP contribution >= 0.6 is 0 Å². The molecule has 0 radical (unpaired) electrons. The van der Waals surface area contributed by atoms with Crippen LogP contribution in [0.25, 0.3) is 49.9 Å². The number of allylic oxidation sites excluding steroid dienone is 5. The van der Waals surface area contributed by atoms with Crippen molar-refractivity contribution in [2.75, 3.05) is 0 Å². The van der Waals surface area contributed by atoms with Gasteiger partial charge in [-0.15, -0.1) is 0 Å². The Bertz CT molecular complexity index is 2940. The summed E-state index contributed by atoms with van der Waals surface area (Å²) < 4.78 is 2.44. The molecule has 8 aromatic rings. The third-order valence-electron chi connectivity index (χ3n) is 13.2. The summed E-state index contributed by atoms with van der Waals surface area (Å²) in [5.74, 6) is 1.48. The van der Waals surface area contributed by atoms with E-state index in [0.717, 1.165) is 37.0 Å². The van der Waals surface area contributed by atoms with Crippen LogP contribution < -0.4 is 0 Å². The minimum absolute atomic E-state index is 0.431. The molecule has 0 amide bonds. The number of aromatic nitrogens is 1. The van der Waals surface area contributed by atoms with E-state index >= 15 is 0 Å². The van der Waals surface area contributed by atoms with Gasteiger partial charge in [-0.1, -0.05) is 152 Å². The van der Waals surface area contributed by atoms with Gasteiger partial charge in [0.1, 0.15) is 0 Å². The van der Waals surface area contributed by atoms with Gasteiger partial charge in [-0.2, -0.15) is 0 Å². The average Bonchev–Trinajstić information content (AvgIpc) is 3.91. The third-order valence-corrected chi connectivity index (χ3v) is 13.2. The summed E-state index contributed by atoms with van der Waals surface area (Å²) in [7, 11) is 0. The van der Waals surface area contributed by atoms with Crippen molar-refractivity contribution in [3.8, 4) is 5.69 Å². The summed E-state index contributed by atoms with van der Waals surface area (Å²) >= 11 is 0. The Morgan fingerprint density at radius 1 is 0.707 bits per heavy atom. The molecule has 2 nitrogen and oxygen atoms in total. The van der Waals surface area contributed by atoms with Crippen LogP contribution in [0.15, 0.2) is 181 Å². The van der Waals surface area contributed by atoms with Crippen LogP contribution in [0.3, 0.4) is 0 Å². The first-order valence-corrected chi connectivity index (χ1v) is 21.0. The Labute approximate surface area is 341 Å². The molecule has 0 bridgehead atoms. The van der Waals surface area contributed by atoms with Crippen molar-refractivity contribution in [2.45, 2.75) is 51.0 Å². The zero-order chi connectivity index (χ0) is 38.6. The molecule has 3 aliphatic rings. The van der Waals surface area contributed by atoms with E-state index in [1.807, 2.05) is 0 Å². The Morgan fingerprint density at radius 3 is 2.24 bits per heavy atom. The largest absolute Gasteiger partial charge is 0.309 e. The van der Waals surface area contributed by atoms with E-state index in [-0.39, 0.29) is 0 Å². The van der Waals surface area contributed by atoms with Crippen LogP contribution in [-0.4, -0.2) is 10.3 Å². The van der Waals surface area contributed by atoms with Gasteiger partial charge in [-0.3, -0.25) is 4.99 Å². The summed E-state index contributed by atoms with van der Waals surface area (Å²) in [4.78, 5) is 5.17. The molecule has 11 rings (SSSR count). The van der Waals surface area contributed by atoms with Crippen LogP contribution in [0.4, 0.5) is 0 Å². The number of nitrogens with zero attached hydrogens (tertiary/aromatic N) is 2. The Balaban J connectivity index is 0.960. The molecule has 0 fully saturated rings. The summed E-state index contributed by atoms with van der Waals surface area (Å²) in [6.45, 7) is 2.92. The van der Waals surface area contributed by atoms with E-state index in [1.165, 1.54) is 71.7 Å². The maximum Gasteiger partial charge on any atom is 0.0653 e. The zero-order valence-corrected chi connectivity index (χ0v) is 33.0. The van der Waals surface area contributed by atoms with E-state index < -0.39 is 0 Å².